The molecule has 0 aromatic heterocycles. The van der Waals surface area contributed by atoms with Gasteiger partial charge in [0.1, 0.15) is 0 Å². The summed E-state index contributed by atoms with van der Waals surface area (Å²) in [6, 6.07) is 0. The predicted molar refractivity (Wildman–Crippen MR) is 32.7 cm³/mol. The van der Waals surface area contributed by atoms with Gasteiger partial charge in [-0.05, 0) is 20.0 Å². The molecule has 0 nitrogen and oxygen atoms in total. The zero-order valence-corrected chi connectivity index (χ0v) is 5.58. The highest BCUT2D eigenvalue weighted by molar-refractivity contribution is 6.61. The Hall–Kier alpha value is -0.133. The summed E-state index contributed by atoms with van der Waals surface area (Å²) < 4.78 is 0. The molecular formula is C5H10Si. The van der Waals surface area contributed by atoms with Crippen LogP contribution in [0.2, 0.25) is 13.1 Å². The average molecular weight is 98.2 g/mol. The van der Waals surface area contributed by atoms with E-state index in [2.05, 4.69) is 18.4 Å². The maximum absolute atomic E-state index is 3.19. The normalized spacial score (nSPS) is 6.50. The summed E-state index contributed by atoms with van der Waals surface area (Å²) in [5, 5.41) is 3.19. The molecule has 0 unspecified atom stereocenters. The van der Waals surface area contributed by atoms with Crippen LogP contribution in [0.1, 0.15) is 6.92 Å². The van der Waals surface area contributed by atoms with Crippen molar-refractivity contribution in [2.75, 3.05) is 0 Å². The zero-order chi connectivity index (χ0) is 4.99. The van der Waals surface area contributed by atoms with E-state index in [1.165, 1.54) is 0 Å². The van der Waals surface area contributed by atoms with Gasteiger partial charge in [0.05, 0.1) is 8.41 Å². The molecule has 0 N–H and O–H groups in total. The summed E-state index contributed by atoms with van der Waals surface area (Å²) in [5.74, 6) is 0. The lowest BCUT2D eigenvalue weighted by Gasteiger charge is -1.67. The van der Waals surface area contributed by atoms with Crippen LogP contribution in [0.4, 0.5) is 0 Å². The van der Waals surface area contributed by atoms with Gasteiger partial charge in [-0.15, -0.1) is 0 Å². The summed E-state index contributed by atoms with van der Waals surface area (Å²) in [4.78, 5) is 0. The van der Waals surface area contributed by atoms with Crippen molar-refractivity contribution < 1.29 is 0 Å². The van der Waals surface area contributed by atoms with Crippen molar-refractivity contribution in [2.45, 2.75) is 20.0 Å². The van der Waals surface area contributed by atoms with Crippen molar-refractivity contribution >= 4 is 13.7 Å². The van der Waals surface area contributed by atoms with Crippen LogP contribution >= 0.6 is 0 Å². The van der Waals surface area contributed by atoms with Crippen molar-refractivity contribution in [3.05, 3.63) is 6.08 Å². The minimum atomic E-state index is -0.191. The summed E-state index contributed by atoms with van der Waals surface area (Å²) in [5.41, 5.74) is 0. The fraction of sp³-hybridized carbons (Fsp3) is 0.600. The highest BCUT2D eigenvalue weighted by Gasteiger charge is 1.63. The molecule has 0 fully saturated rings. The van der Waals surface area contributed by atoms with Crippen molar-refractivity contribution in [3.63, 3.8) is 0 Å². The first kappa shape index (κ1) is 5.87. The summed E-state index contributed by atoms with van der Waals surface area (Å²) in [6.45, 7) is 6.44. The van der Waals surface area contributed by atoms with Gasteiger partial charge in [0.2, 0.25) is 0 Å². The lowest BCUT2D eigenvalue weighted by atomic mass is 10.8. The Morgan fingerprint density at radius 1 is 1.50 bits per heavy atom. The Morgan fingerprint density at radius 3 is 2.00 bits per heavy atom. The smallest absolute Gasteiger partial charge is 0.0591 e. The zero-order valence-electron chi connectivity index (χ0n) is 4.58. The molecule has 0 saturated heterocycles. The van der Waals surface area contributed by atoms with E-state index in [1.54, 1.807) is 0 Å². The van der Waals surface area contributed by atoms with Crippen LogP contribution in [0.3, 0.4) is 0 Å². The third kappa shape index (κ3) is 3.87. The van der Waals surface area contributed by atoms with Gasteiger partial charge in [-0.2, -0.15) is 5.33 Å². The minimum Gasteiger partial charge on any atom is -0.162 e. The molecule has 0 aliphatic heterocycles. The quantitative estimate of drug-likeness (QED) is 0.401. The van der Waals surface area contributed by atoms with Crippen LogP contribution in [0.5, 0.6) is 0 Å². The van der Waals surface area contributed by atoms with Crippen LogP contribution in [0.15, 0.2) is 6.08 Å². The summed E-state index contributed by atoms with van der Waals surface area (Å²) in [7, 11) is -0.191. The van der Waals surface area contributed by atoms with Crippen molar-refractivity contribution in [3.8, 4) is 0 Å². The fourth-order valence-electron chi connectivity index (χ4n) is 0.289. The molecule has 1 heteroatoms. The van der Waals surface area contributed by atoms with Gasteiger partial charge in [-0.3, -0.25) is 0 Å². The SMILES string of the molecule is CC=C=[Si](C)C. The van der Waals surface area contributed by atoms with E-state index in [4.69, 9.17) is 0 Å². The van der Waals surface area contributed by atoms with Gasteiger partial charge >= 0.3 is 0 Å². The van der Waals surface area contributed by atoms with Crippen LogP contribution in [0.25, 0.3) is 0 Å². The Balaban J connectivity index is 3.73. The second kappa shape index (κ2) is 3.07. The lowest BCUT2D eigenvalue weighted by Crippen LogP contribution is -1.80. The highest BCUT2D eigenvalue weighted by atomic mass is 28.2. The first-order valence-corrected chi connectivity index (χ1v) is 4.62. The fourth-order valence-corrected chi connectivity index (χ4v) is 0.866. The molecule has 0 aromatic rings. The van der Waals surface area contributed by atoms with E-state index in [9.17, 15) is 0 Å². The molecule has 0 aliphatic rings. The average Bonchev–Trinajstić information content (AvgIpc) is 1.35. The monoisotopic (exact) mass is 98.1 g/mol. The van der Waals surface area contributed by atoms with Gasteiger partial charge in [0.15, 0.2) is 0 Å². The molecule has 6 heavy (non-hydrogen) atoms. The molecule has 34 valence electrons. The van der Waals surface area contributed by atoms with Gasteiger partial charge in [0.25, 0.3) is 0 Å². The maximum Gasteiger partial charge on any atom is 0.0591 e. The molecule has 0 bridgehead atoms. The second-order valence-electron chi connectivity index (χ2n) is 1.43. The highest BCUT2D eigenvalue weighted by Crippen LogP contribution is 1.56. The van der Waals surface area contributed by atoms with E-state index in [-0.39, 0.29) is 8.41 Å². The molecule has 0 heterocycles. The van der Waals surface area contributed by atoms with E-state index in [1.807, 2.05) is 13.0 Å². The Labute approximate surface area is 40.7 Å². The number of rotatable bonds is 0. The predicted octanol–water partition coefficient (Wildman–Crippen LogP) is 1.30. The van der Waals surface area contributed by atoms with Gasteiger partial charge in [-0.1, -0.05) is 6.08 Å². The number of hydrogen-bond acceptors (Lipinski definition) is 0. The van der Waals surface area contributed by atoms with Crippen LogP contribution in [-0.4, -0.2) is 13.7 Å². The number of allylic oxidation sites excluding steroid dienone is 1. The van der Waals surface area contributed by atoms with Crippen molar-refractivity contribution in [1.82, 2.24) is 0 Å². The first-order chi connectivity index (χ1) is 2.77. The largest absolute Gasteiger partial charge is 0.162 e. The molecule has 0 rings (SSSR count). The van der Waals surface area contributed by atoms with E-state index in [0.29, 0.717) is 0 Å². The summed E-state index contributed by atoms with van der Waals surface area (Å²) in [6.07, 6.45) is 1.99. The molecule has 0 aromatic carbocycles. The Morgan fingerprint density at radius 2 is 2.00 bits per heavy atom. The first-order valence-electron chi connectivity index (χ1n) is 2.12. The maximum atomic E-state index is 3.19. The topological polar surface area (TPSA) is 0 Å². The minimum absolute atomic E-state index is 0.191. The van der Waals surface area contributed by atoms with Crippen molar-refractivity contribution in [1.29, 1.82) is 0 Å². The van der Waals surface area contributed by atoms with Crippen LogP contribution < -0.4 is 0 Å². The van der Waals surface area contributed by atoms with Gasteiger partial charge in [-0.25, -0.2) is 0 Å². The Kier molecular flexibility index (Phi) is 3.00. The third-order valence-electron chi connectivity index (χ3n) is 0.433. The molecule has 0 saturated carbocycles. The second-order valence-corrected chi connectivity index (χ2v) is 3.72. The lowest BCUT2D eigenvalue weighted by molar-refractivity contribution is 1.84. The van der Waals surface area contributed by atoms with Gasteiger partial charge < -0.3 is 0 Å². The molecule has 0 radical (unpaired) electrons. The van der Waals surface area contributed by atoms with Crippen LogP contribution in [0, 0.1) is 0 Å². The molecule has 0 spiro atoms. The number of hydrogen-bond donors (Lipinski definition) is 0. The summed E-state index contributed by atoms with van der Waals surface area (Å²) >= 11 is 0. The molecule has 0 aliphatic carbocycles. The molecular weight excluding hydrogens is 88.1 g/mol. The standard InChI is InChI=1S/C5H10Si/c1-4-5-6(2)3/h4H,1-3H3. The van der Waals surface area contributed by atoms with E-state index >= 15 is 0 Å². The van der Waals surface area contributed by atoms with E-state index < -0.39 is 0 Å². The van der Waals surface area contributed by atoms with E-state index in [0.717, 1.165) is 0 Å². The Bertz CT molecular complexity index is 82.1. The van der Waals surface area contributed by atoms with Crippen LogP contribution in [-0.2, 0) is 0 Å². The van der Waals surface area contributed by atoms with Crippen molar-refractivity contribution in [2.24, 2.45) is 0 Å². The third-order valence-corrected chi connectivity index (χ3v) is 1.30. The molecule has 0 amide bonds. The van der Waals surface area contributed by atoms with Gasteiger partial charge in [0, 0.05) is 0 Å². The molecule has 0 atom stereocenters.